The number of ether oxygens (including phenoxy) is 1. The maximum Gasteiger partial charge on any atom is 0.222 e. The minimum Gasteiger partial charge on any atom is -0.456 e. The van der Waals surface area contributed by atoms with Crippen LogP contribution in [-0.2, 0) is 4.74 Å². The van der Waals surface area contributed by atoms with E-state index in [9.17, 15) is 20.4 Å². The second-order valence-corrected chi connectivity index (χ2v) is 5.50. The maximum absolute atomic E-state index is 9.86. The highest BCUT2D eigenvalue weighted by atomic mass is 16.6. The van der Waals surface area contributed by atoms with Gasteiger partial charge in [0.2, 0.25) is 11.6 Å². The van der Waals surface area contributed by atoms with Crippen molar-refractivity contribution in [3.63, 3.8) is 0 Å². The number of rotatable bonds is 12. The van der Waals surface area contributed by atoms with Gasteiger partial charge in [-0.3, -0.25) is 0 Å². The molecule has 21 heavy (non-hydrogen) atoms. The molecule has 0 aliphatic carbocycles. The SMILES string of the molecule is C=C(OC(=C)C(O)(O)CCCCC)C(O)(O)CCCCC. The first-order chi connectivity index (χ1) is 9.67. The lowest BCUT2D eigenvalue weighted by atomic mass is 10.0. The van der Waals surface area contributed by atoms with Crippen molar-refractivity contribution in [2.75, 3.05) is 0 Å². The lowest BCUT2D eigenvalue weighted by Gasteiger charge is -2.29. The Bertz CT molecular complexity index is 302. The van der Waals surface area contributed by atoms with Crippen LogP contribution in [0.15, 0.2) is 24.7 Å². The molecule has 5 heteroatoms. The fraction of sp³-hybridized carbons (Fsp3) is 0.750. The predicted molar refractivity (Wildman–Crippen MR) is 82.0 cm³/mol. The van der Waals surface area contributed by atoms with Crippen LogP contribution in [0.25, 0.3) is 0 Å². The van der Waals surface area contributed by atoms with Gasteiger partial charge in [0.1, 0.15) is 0 Å². The van der Waals surface area contributed by atoms with Crippen molar-refractivity contribution in [1.82, 2.24) is 0 Å². The Kier molecular flexibility index (Phi) is 8.82. The molecule has 4 N–H and O–H groups in total. The molecule has 0 bridgehead atoms. The average Bonchev–Trinajstić information content (AvgIpc) is 2.38. The molecule has 0 heterocycles. The van der Waals surface area contributed by atoms with Crippen LogP contribution in [0.3, 0.4) is 0 Å². The van der Waals surface area contributed by atoms with Crippen molar-refractivity contribution >= 4 is 0 Å². The molecule has 0 aliphatic rings. The highest BCUT2D eigenvalue weighted by Gasteiger charge is 2.34. The normalized spacial score (nSPS) is 12.3. The van der Waals surface area contributed by atoms with Gasteiger partial charge in [-0.25, -0.2) is 0 Å². The maximum atomic E-state index is 9.86. The first kappa shape index (κ1) is 20.1. The fourth-order valence-corrected chi connectivity index (χ4v) is 1.83. The number of unbranched alkanes of at least 4 members (excludes halogenated alkanes) is 4. The van der Waals surface area contributed by atoms with Crippen LogP contribution in [0.1, 0.15) is 65.2 Å². The lowest BCUT2D eigenvalue weighted by molar-refractivity contribution is -0.187. The topological polar surface area (TPSA) is 90.2 Å². The van der Waals surface area contributed by atoms with Gasteiger partial charge >= 0.3 is 0 Å². The first-order valence-electron chi connectivity index (χ1n) is 7.63. The number of aliphatic hydroxyl groups is 4. The van der Waals surface area contributed by atoms with Crippen LogP contribution in [0.2, 0.25) is 0 Å². The highest BCUT2D eigenvalue weighted by Crippen LogP contribution is 2.28. The fourth-order valence-electron chi connectivity index (χ4n) is 1.83. The quantitative estimate of drug-likeness (QED) is 0.253. The van der Waals surface area contributed by atoms with Crippen molar-refractivity contribution in [1.29, 1.82) is 0 Å². The van der Waals surface area contributed by atoms with Gasteiger partial charge in [0.15, 0.2) is 11.5 Å². The van der Waals surface area contributed by atoms with E-state index >= 15 is 0 Å². The zero-order chi connectivity index (χ0) is 16.5. The van der Waals surface area contributed by atoms with Gasteiger partial charge in [-0.2, -0.15) is 0 Å². The minimum absolute atomic E-state index is 0.0760. The van der Waals surface area contributed by atoms with Crippen molar-refractivity contribution in [3.8, 4) is 0 Å². The summed E-state index contributed by atoms with van der Waals surface area (Å²) in [5, 5.41) is 39.5. The lowest BCUT2D eigenvalue weighted by Crippen LogP contribution is -2.36. The van der Waals surface area contributed by atoms with Gasteiger partial charge < -0.3 is 25.2 Å². The van der Waals surface area contributed by atoms with E-state index in [0.717, 1.165) is 25.7 Å². The van der Waals surface area contributed by atoms with E-state index in [-0.39, 0.29) is 24.4 Å². The van der Waals surface area contributed by atoms with Crippen LogP contribution >= 0.6 is 0 Å². The zero-order valence-electron chi connectivity index (χ0n) is 13.3. The molecule has 0 aliphatic heterocycles. The number of hydrogen-bond acceptors (Lipinski definition) is 5. The van der Waals surface area contributed by atoms with Crippen LogP contribution in [0.5, 0.6) is 0 Å². The first-order valence-corrected chi connectivity index (χ1v) is 7.63. The van der Waals surface area contributed by atoms with Gasteiger partial charge in [0.25, 0.3) is 0 Å². The molecule has 0 aromatic rings. The van der Waals surface area contributed by atoms with Crippen LogP contribution in [0, 0.1) is 0 Å². The highest BCUT2D eigenvalue weighted by molar-refractivity contribution is 5.07. The Labute approximate surface area is 127 Å². The molecule has 0 saturated heterocycles. The van der Waals surface area contributed by atoms with Crippen LogP contribution in [0.4, 0.5) is 0 Å². The molecule has 0 radical (unpaired) electrons. The molecule has 0 amide bonds. The monoisotopic (exact) mass is 302 g/mol. The summed E-state index contributed by atoms with van der Waals surface area (Å²) in [5.74, 6) is -5.08. The van der Waals surface area contributed by atoms with E-state index in [1.165, 1.54) is 0 Å². The molecular weight excluding hydrogens is 272 g/mol. The molecule has 0 atom stereocenters. The largest absolute Gasteiger partial charge is 0.456 e. The van der Waals surface area contributed by atoms with Gasteiger partial charge in [-0.1, -0.05) is 52.7 Å². The third kappa shape index (κ3) is 7.62. The summed E-state index contributed by atoms with van der Waals surface area (Å²) in [4.78, 5) is 0. The summed E-state index contributed by atoms with van der Waals surface area (Å²) in [6.45, 7) is 10.9. The molecule has 5 nitrogen and oxygen atoms in total. The molecule has 0 spiro atoms. The Hall–Kier alpha value is -0.880. The molecule has 0 fully saturated rings. The molecule has 0 saturated carbocycles. The Morgan fingerprint density at radius 2 is 1.10 bits per heavy atom. The van der Waals surface area contributed by atoms with Crippen molar-refractivity contribution < 1.29 is 25.2 Å². The van der Waals surface area contributed by atoms with Gasteiger partial charge in [0.05, 0.1) is 0 Å². The summed E-state index contributed by atoms with van der Waals surface area (Å²) in [6.07, 6.45) is 4.99. The van der Waals surface area contributed by atoms with Gasteiger partial charge in [0, 0.05) is 12.8 Å². The molecule has 0 unspecified atom stereocenters. The average molecular weight is 302 g/mol. The Morgan fingerprint density at radius 3 is 1.38 bits per heavy atom. The van der Waals surface area contributed by atoms with Gasteiger partial charge in [-0.15, -0.1) is 0 Å². The smallest absolute Gasteiger partial charge is 0.222 e. The van der Waals surface area contributed by atoms with Crippen LogP contribution in [-0.4, -0.2) is 32.0 Å². The molecule has 124 valence electrons. The summed E-state index contributed by atoms with van der Waals surface area (Å²) >= 11 is 0. The summed E-state index contributed by atoms with van der Waals surface area (Å²) < 4.78 is 5.05. The van der Waals surface area contributed by atoms with Crippen LogP contribution < -0.4 is 0 Å². The second-order valence-electron chi connectivity index (χ2n) is 5.50. The predicted octanol–water partition coefficient (Wildman–Crippen LogP) is 2.55. The molecule has 0 aromatic carbocycles. The Balaban J connectivity index is 4.43. The zero-order valence-corrected chi connectivity index (χ0v) is 13.3. The van der Waals surface area contributed by atoms with E-state index in [0.29, 0.717) is 12.8 Å². The van der Waals surface area contributed by atoms with Crippen molar-refractivity contribution in [2.45, 2.75) is 76.8 Å². The van der Waals surface area contributed by atoms with Gasteiger partial charge in [-0.05, 0) is 12.8 Å². The minimum atomic E-state index is -2.20. The standard InChI is InChI=1S/C16H30O5/c1-5-7-9-11-15(17,18)13(3)21-14(4)16(19,20)12-10-8-6-2/h17-20H,3-12H2,1-2H3. The van der Waals surface area contributed by atoms with E-state index < -0.39 is 11.6 Å². The van der Waals surface area contributed by atoms with E-state index in [2.05, 4.69) is 13.2 Å². The van der Waals surface area contributed by atoms with Crippen molar-refractivity contribution in [3.05, 3.63) is 24.7 Å². The third-order valence-corrected chi connectivity index (χ3v) is 3.40. The summed E-state index contributed by atoms with van der Waals surface area (Å²) in [6, 6.07) is 0. The van der Waals surface area contributed by atoms with E-state index in [4.69, 9.17) is 4.74 Å². The summed E-state index contributed by atoms with van der Waals surface area (Å²) in [7, 11) is 0. The Morgan fingerprint density at radius 1 is 0.762 bits per heavy atom. The molecule has 0 aromatic heterocycles. The van der Waals surface area contributed by atoms with Crippen molar-refractivity contribution in [2.24, 2.45) is 0 Å². The molecular formula is C16H30O5. The summed E-state index contributed by atoms with van der Waals surface area (Å²) in [5.41, 5.74) is 0. The van der Waals surface area contributed by atoms with E-state index in [1.54, 1.807) is 0 Å². The number of hydrogen-bond donors (Lipinski definition) is 4. The second kappa shape index (κ2) is 9.20. The molecule has 0 rings (SSSR count). The third-order valence-electron chi connectivity index (χ3n) is 3.40. The van der Waals surface area contributed by atoms with E-state index in [1.807, 2.05) is 13.8 Å².